The molecule has 2 aliphatic carbocycles. The van der Waals surface area contributed by atoms with Crippen molar-refractivity contribution in [1.82, 2.24) is 0 Å². The van der Waals surface area contributed by atoms with Gasteiger partial charge in [0.1, 0.15) is 0 Å². The molecule has 0 saturated heterocycles. The van der Waals surface area contributed by atoms with Gasteiger partial charge < -0.3 is 0 Å². The Morgan fingerprint density at radius 2 is 1.31 bits per heavy atom. The highest BCUT2D eigenvalue weighted by Crippen LogP contribution is 2.58. The Morgan fingerprint density at radius 1 is 0.846 bits per heavy atom. The predicted octanol–water partition coefficient (Wildman–Crippen LogP) is 4.73. The van der Waals surface area contributed by atoms with E-state index in [2.05, 4.69) is 45.2 Å². The van der Waals surface area contributed by atoms with Crippen molar-refractivity contribution in [1.29, 1.82) is 0 Å². The largest absolute Gasteiger partial charge is 0.0857 e. The molecule has 0 nitrogen and oxygen atoms in total. The predicted molar refractivity (Wildman–Crippen MR) is 75.0 cm³/mol. The molecule has 13 heavy (non-hydrogen) atoms. The van der Waals surface area contributed by atoms with Crippen LogP contribution in [0.15, 0.2) is 0 Å². The van der Waals surface area contributed by atoms with Crippen LogP contribution in [0.25, 0.3) is 0 Å². The van der Waals surface area contributed by atoms with Crippen LogP contribution in [0.3, 0.4) is 0 Å². The molecule has 2 fully saturated rings. The lowest BCUT2D eigenvalue weighted by Gasteiger charge is -2.42. The Hall–Kier alpha value is 1.46. The summed E-state index contributed by atoms with van der Waals surface area (Å²) in [6.07, 6.45) is 12.0. The highest BCUT2D eigenvalue weighted by atomic mass is 127. The summed E-state index contributed by atoms with van der Waals surface area (Å²) >= 11 is 5.45. The average Bonchev–Trinajstić information content (AvgIpc) is 2.73. The molecule has 0 bridgehead atoms. The van der Waals surface area contributed by atoms with Gasteiger partial charge >= 0.3 is 0 Å². The van der Waals surface area contributed by atoms with Crippen molar-refractivity contribution in [2.75, 3.05) is 4.43 Å². The van der Waals surface area contributed by atoms with E-state index in [9.17, 15) is 0 Å². The van der Waals surface area contributed by atoms with Gasteiger partial charge in [-0.05, 0) is 31.1 Å². The van der Waals surface area contributed by atoms with E-state index in [0.717, 1.165) is 5.41 Å². The van der Waals surface area contributed by atoms with Crippen LogP contribution in [0.4, 0.5) is 0 Å². The summed E-state index contributed by atoms with van der Waals surface area (Å²) in [6.45, 7) is 0. The zero-order valence-electron chi connectivity index (χ0n) is 8.12. The van der Waals surface area contributed by atoms with Crippen LogP contribution in [0.1, 0.15) is 51.4 Å². The molecule has 2 aliphatic rings. The Labute approximate surface area is 109 Å². The number of rotatable bonds is 2. The minimum absolute atomic E-state index is 0.683. The van der Waals surface area contributed by atoms with Crippen molar-refractivity contribution >= 4 is 45.2 Å². The molecule has 0 N–H and O–H groups in total. The summed E-state index contributed by atoms with van der Waals surface area (Å²) in [4.78, 5) is 0. The van der Waals surface area contributed by atoms with E-state index >= 15 is 0 Å². The van der Waals surface area contributed by atoms with Gasteiger partial charge in [-0.15, -0.1) is 0 Å². The molecule has 0 unspecified atom stereocenters. The van der Waals surface area contributed by atoms with Gasteiger partial charge in [-0.1, -0.05) is 70.9 Å². The van der Waals surface area contributed by atoms with Crippen LogP contribution >= 0.6 is 45.2 Å². The summed E-state index contributed by atoms with van der Waals surface area (Å²) in [5, 5.41) is 0. The topological polar surface area (TPSA) is 0 Å². The van der Waals surface area contributed by atoms with E-state index in [1.807, 2.05) is 0 Å². The monoisotopic (exact) mass is 404 g/mol. The van der Waals surface area contributed by atoms with Crippen LogP contribution < -0.4 is 0 Å². The molecule has 2 heteroatoms. The van der Waals surface area contributed by atoms with E-state index in [4.69, 9.17) is 0 Å². The van der Waals surface area contributed by atoms with Gasteiger partial charge in [-0.3, -0.25) is 0 Å². The number of alkyl halides is 2. The molecule has 0 aliphatic heterocycles. The fourth-order valence-electron chi connectivity index (χ4n) is 3.22. The van der Waals surface area contributed by atoms with Crippen molar-refractivity contribution in [2.24, 2.45) is 5.41 Å². The Kier molecular flexibility index (Phi) is 3.49. The normalized spacial score (nSPS) is 30.9. The maximum atomic E-state index is 2.82. The van der Waals surface area contributed by atoms with Gasteiger partial charge in [-0.2, -0.15) is 0 Å². The van der Waals surface area contributed by atoms with Gasteiger partial charge in [0.2, 0.25) is 0 Å². The summed E-state index contributed by atoms with van der Waals surface area (Å²) in [5.41, 5.74) is 0.727. The van der Waals surface area contributed by atoms with E-state index in [1.54, 1.807) is 0 Å². The molecule has 0 aromatic heterocycles. The second kappa shape index (κ2) is 4.14. The smallest absolute Gasteiger partial charge is 0.0285 e. The minimum Gasteiger partial charge on any atom is -0.0857 e. The van der Waals surface area contributed by atoms with Crippen LogP contribution in [0, 0.1) is 5.41 Å². The number of hydrogen-bond donors (Lipinski definition) is 0. The SMILES string of the molecule is ICC1(C2(I)CCCC2)CCCC1. The zero-order valence-corrected chi connectivity index (χ0v) is 12.4. The second-order valence-electron chi connectivity index (χ2n) is 4.79. The van der Waals surface area contributed by atoms with Gasteiger partial charge in [0.05, 0.1) is 0 Å². The summed E-state index contributed by atoms with van der Waals surface area (Å²) in [5.74, 6) is 0. The molecule has 0 aromatic rings. The van der Waals surface area contributed by atoms with E-state index in [1.165, 1.54) is 55.8 Å². The lowest BCUT2D eigenvalue weighted by molar-refractivity contribution is 0.259. The van der Waals surface area contributed by atoms with Crippen LogP contribution in [0.5, 0.6) is 0 Å². The molecule has 2 rings (SSSR count). The third-order valence-electron chi connectivity index (χ3n) is 4.16. The van der Waals surface area contributed by atoms with Crippen LogP contribution in [-0.4, -0.2) is 7.85 Å². The van der Waals surface area contributed by atoms with Crippen LogP contribution in [0.2, 0.25) is 0 Å². The molecular weight excluding hydrogens is 386 g/mol. The minimum atomic E-state index is 0.683. The zero-order chi connectivity index (χ0) is 9.36. The lowest BCUT2D eigenvalue weighted by atomic mass is 9.74. The highest BCUT2D eigenvalue weighted by Gasteiger charge is 2.51. The molecule has 0 aromatic carbocycles. The molecule has 0 atom stereocenters. The van der Waals surface area contributed by atoms with E-state index in [-0.39, 0.29) is 0 Å². The van der Waals surface area contributed by atoms with E-state index < -0.39 is 0 Å². The fourth-order valence-corrected chi connectivity index (χ4v) is 6.93. The Balaban J connectivity index is 2.18. The second-order valence-corrected chi connectivity index (χ2v) is 7.62. The first-order chi connectivity index (χ1) is 6.22. The van der Waals surface area contributed by atoms with Gasteiger partial charge in [0.25, 0.3) is 0 Å². The van der Waals surface area contributed by atoms with Crippen molar-refractivity contribution in [3.63, 3.8) is 0 Å². The first-order valence-electron chi connectivity index (χ1n) is 5.47. The summed E-state index contributed by atoms with van der Waals surface area (Å²) in [7, 11) is 0. The van der Waals surface area contributed by atoms with Gasteiger partial charge in [0, 0.05) is 7.85 Å². The first-order valence-corrected chi connectivity index (χ1v) is 8.08. The number of halogens is 2. The molecule has 0 amide bonds. The first kappa shape index (κ1) is 11.0. The molecule has 76 valence electrons. The van der Waals surface area contributed by atoms with Crippen molar-refractivity contribution in [2.45, 2.75) is 54.8 Å². The maximum Gasteiger partial charge on any atom is 0.0285 e. The van der Waals surface area contributed by atoms with Crippen LogP contribution in [-0.2, 0) is 0 Å². The summed E-state index contributed by atoms with van der Waals surface area (Å²) < 4.78 is 2.08. The fraction of sp³-hybridized carbons (Fsp3) is 1.00. The quantitative estimate of drug-likeness (QED) is 0.461. The number of hydrogen-bond acceptors (Lipinski definition) is 0. The highest BCUT2D eigenvalue weighted by molar-refractivity contribution is 14.1. The molecule has 2 saturated carbocycles. The van der Waals surface area contributed by atoms with E-state index in [0.29, 0.717) is 3.42 Å². The van der Waals surface area contributed by atoms with Crippen molar-refractivity contribution in [3.8, 4) is 0 Å². The standard InChI is InChI=1S/C11H18I2/c12-9-10(5-1-2-6-10)11(13)7-3-4-8-11/h1-9H2. The van der Waals surface area contributed by atoms with Crippen molar-refractivity contribution in [3.05, 3.63) is 0 Å². The molecule has 0 radical (unpaired) electrons. The molecule has 0 spiro atoms. The third kappa shape index (κ3) is 1.79. The van der Waals surface area contributed by atoms with Crippen molar-refractivity contribution < 1.29 is 0 Å². The maximum absolute atomic E-state index is 2.82. The molecular formula is C11H18I2. The molecule has 0 heterocycles. The average molecular weight is 404 g/mol. The lowest BCUT2D eigenvalue weighted by Crippen LogP contribution is -2.40. The van der Waals surface area contributed by atoms with Gasteiger partial charge in [-0.25, -0.2) is 0 Å². The third-order valence-corrected chi connectivity index (χ3v) is 7.85. The Morgan fingerprint density at radius 3 is 1.77 bits per heavy atom. The van der Waals surface area contributed by atoms with Gasteiger partial charge in [0.15, 0.2) is 0 Å². The Bertz CT molecular complexity index is 177. The summed E-state index contributed by atoms with van der Waals surface area (Å²) in [6, 6.07) is 0.